The van der Waals surface area contributed by atoms with E-state index in [0.29, 0.717) is 12.1 Å². The molecule has 0 aliphatic carbocycles. The number of hydrogen-bond donors (Lipinski definition) is 1. The summed E-state index contributed by atoms with van der Waals surface area (Å²) in [5.74, 6) is 0.0548. The summed E-state index contributed by atoms with van der Waals surface area (Å²) in [5, 5.41) is 3.39. The van der Waals surface area contributed by atoms with Crippen LogP contribution in [0.3, 0.4) is 0 Å². The number of piperazine rings is 1. The van der Waals surface area contributed by atoms with E-state index >= 15 is 0 Å². The van der Waals surface area contributed by atoms with E-state index in [0.717, 1.165) is 19.5 Å². The van der Waals surface area contributed by atoms with Crippen LogP contribution in [0.5, 0.6) is 0 Å². The molecule has 0 bridgehead atoms. The second-order valence-corrected chi connectivity index (χ2v) is 5.56. The minimum atomic E-state index is 0. The van der Waals surface area contributed by atoms with Gasteiger partial charge in [0, 0.05) is 32.0 Å². The Hall–Kier alpha value is -1.62. The monoisotopic (exact) mass is 367 g/mol. The topological polar surface area (TPSA) is 45.2 Å². The first-order chi connectivity index (χ1) is 10.8. The van der Waals surface area contributed by atoms with Crippen LogP contribution < -0.4 is 5.32 Å². The summed E-state index contributed by atoms with van der Waals surface area (Å²) in [6, 6.07) is 12.3. The molecular weight excluding hydrogens is 345 g/mol. The van der Waals surface area contributed by atoms with Crippen LogP contribution in [0.1, 0.15) is 34.5 Å². The van der Waals surface area contributed by atoms with Gasteiger partial charge in [0.2, 0.25) is 0 Å². The SMILES string of the molecule is CCc1ccc(C2CNCCN2C(=O)c2cccnc2)cc1.Cl.Cl. The number of aryl methyl sites for hydroxylation is 1. The Morgan fingerprint density at radius 3 is 2.62 bits per heavy atom. The van der Waals surface area contributed by atoms with Crippen LogP contribution in [0.25, 0.3) is 0 Å². The Morgan fingerprint density at radius 2 is 2.00 bits per heavy atom. The Balaban J connectivity index is 0.00000144. The van der Waals surface area contributed by atoms with Gasteiger partial charge in [0.25, 0.3) is 5.91 Å². The molecule has 2 aromatic rings. The first kappa shape index (κ1) is 20.4. The normalized spacial score (nSPS) is 16.7. The van der Waals surface area contributed by atoms with E-state index in [9.17, 15) is 4.79 Å². The Labute approximate surface area is 155 Å². The third kappa shape index (κ3) is 4.47. The lowest BCUT2D eigenvalue weighted by Gasteiger charge is -2.36. The van der Waals surface area contributed by atoms with E-state index in [1.54, 1.807) is 18.5 Å². The van der Waals surface area contributed by atoms with Crippen LogP contribution in [0.15, 0.2) is 48.8 Å². The maximum Gasteiger partial charge on any atom is 0.256 e. The molecule has 1 amide bonds. The average Bonchev–Trinajstić information content (AvgIpc) is 2.62. The van der Waals surface area contributed by atoms with Crippen molar-refractivity contribution in [2.75, 3.05) is 19.6 Å². The molecule has 24 heavy (non-hydrogen) atoms. The highest BCUT2D eigenvalue weighted by Gasteiger charge is 2.28. The van der Waals surface area contributed by atoms with E-state index in [1.165, 1.54) is 11.1 Å². The number of amides is 1. The molecule has 2 heterocycles. The van der Waals surface area contributed by atoms with E-state index in [1.807, 2.05) is 11.0 Å². The minimum Gasteiger partial charge on any atom is -0.329 e. The highest BCUT2D eigenvalue weighted by Crippen LogP contribution is 2.24. The number of carbonyl (C=O) groups excluding carboxylic acids is 1. The number of rotatable bonds is 3. The molecular formula is C18H23Cl2N3O. The first-order valence-corrected chi connectivity index (χ1v) is 7.80. The van der Waals surface area contributed by atoms with Gasteiger partial charge in [0.1, 0.15) is 0 Å². The maximum atomic E-state index is 12.8. The fraction of sp³-hybridized carbons (Fsp3) is 0.333. The molecule has 1 N–H and O–H groups in total. The molecule has 0 saturated carbocycles. The fourth-order valence-corrected chi connectivity index (χ4v) is 2.88. The van der Waals surface area contributed by atoms with Crippen molar-refractivity contribution >= 4 is 30.7 Å². The number of nitrogens with zero attached hydrogens (tertiary/aromatic N) is 2. The predicted octanol–water partition coefficient (Wildman–Crippen LogP) is 3.27. The van der Waals surface area contributed by atoms with Gasteiger partial charge in [-0.3, -0.25) is 9.78 Å². The fourth-order valence-electron chi connectivity index (χ4n) is 2.88. The molecule has 1 fully saturated rings. The molecule has 1 atom stereocenters. The summed E-state index contributed by atoms with van der Waals surface area (Å²) in [4.78, 5) is 18.8. The number of aromatic nitrogens is 1. The van der Waals surface area contributed by atoms with Crippen LogP contribution in [-0.2, 0) is 6.42 Å². The molecule has 0 spiro atoms. The van der Waals surface area contributed by atoms with Crippen LogP contribution in [-0.4, -0.2) is 35.4 Å². The van der Waals surface area contributed by atoms with Gasteiger partial charge in [-0.15, -0.1) is 24.8 Å². The van der Waals surface area contributed by atoms with Crippen molar-refractivity contribution in [1.82, 2.24) is 15.2 Å². The Bertz CT molecular complexity index is 634. The smallest absolute Gasteiger partial charge is 0.256 e. The number of pyridine rings is 1. The van der Waals surface area contributed by atoms with Crippen molar-refractivity contribution < 1.29 is 4.79 Å². The van der Waals surface area contributed by atoms with Crippen molar-refractivity contribution in [3.8, 4) is 0 Å². The quantitative estimate of drug-likeness (QED) is 0.905. The minimum absolute atomic E-state index is 0. The lowest BCUT2D eigenvalue weighted by molar-refractivity contribution is 0.0634. The zero-order valence-corrected chi connectivity index (χ0v) is 15.3. The van der Waals surface area contributed by atoms with Gasteiger partial charge in [-0.25, -0.2) is 0 Å². The van der Waals surface area contributed by atoms with Crippen molar-refractivity contribution in [1.29, 1.82) is 0 Å². The number of carbonyl (C=O) groups is 1. The highest BCUT2D eigenvalue weighted by molar-refractivity contribution is 5.94. The van der Waals surface area contributed by atoms with E-state index in [4.69, 9.17) is 0 Å². The summed E-state index contributed by atoms with van der Waals surface area (Å²) < 4.78 is 0. The summed E-state index contributed by atoms with van der Waals surface area (Å²) in [7, 11) is 0. The predicted molar refractivity (Wildman–Crippen MR) is 101 cm³/mol. The second kappa shape index (κ2) is 9.62. The van der Waals surface area contributed by atoms with Gasteiger partial charge in [0.15, 0.2) is 0 Å². The molecule has 130 valence electrons. The number of hydrogen-bond acceptors (Lipinski definition) is 3. The van der Waals surface area contributed by atoms with Crippen molar-refractivity contribution in [3.63, 3.8) is 0 Å². The third-order valence-corrected chi connectivity index (χ3v) is 4.19. The van der Waals surface area contributed by atoms with Gasteiger partial charge >= 0.3 is 0 Å². The molecule has 1 aliphatic heterocycles. The second-order valence-electron chi connectivity index (χ2n) is 5.56. The zero-order valence-electron chi connectivity index (χ0n) is 13.6. The zero-order chi connectivity index (χ0) is 15.4. The molecule has 1 aromatic heterocycles. The summed E-state index contributed by atoms with van der Waals surface area (Å²) in [6.07, 6.45) is 4.36. The van der Waals surface area contributed by atoms with Gasteiger partial charge in [-0.1, -0.05) is 31.2 Å². The molecule has 1 aromatic carbocycles. The van der Waals surface area contributed by atoms with Gasteiger partial charge in [0.05, 0.1) is 11.6 Å². The highest BCUT2D eigenvalue weighted by atomic mass is 35.5. The number of nitrogens with one attached hydrogen (secondary N) is 1. The first-order valence-electron chi connectivity index (χ1n) is 7.80. The summed E-state index contributed by atoms with van der Waals surface area (Å²) in [6.45, 7) is 4.48. The lowest BCUT2D eigenvalue weighted by atomic mass is 10.00. The van der Waals surface area contributed by atoms with Crippen LogP contribution in [0.2, 0.25) is 0 Å². The number of benzene rings is 1. The maximum absolute atomic E-state index is 12.8. The molecule has 4 nitrogen and oxygen atoms in total. The summed E-state index contributed by atoms with van der Waals surface area (Å²) in [5.41, 5.74) is 3.15. The third-order valence-electron chi connectivity index (χ3n) is 4.19. The number of halogens is 2. The van der Waals surface area contributed by atoms with Crippen LogP contribution in [0, 0.1) is 0 Å². The molecule has 3 rings (SSSR count). The summed E-state index contributed by atoms with van der Waals surface area (Å²) >= 11 is 0. The van der Waals surface area contributed by atoms with Crippen molar-refractivity contribution in [2.45, 2.75) is 19.4 Å². The molecule has 1 unspecified atom stereocenters. The van der Waals surface area contributed by atoms with Crippen LogP contribution in [0.4, 0.5) is 0 Å². The molecule has 1 aliphatic rings. The molecule has 1 saturated heterocycles. The van der Waals surface area contributed by atoms with Gasteiger partial charge in [-0.2, -0.15) is 0 Å². The van der Waals surface area contributed by atoms with E-state index < -0.39 is 0 Å². The molecule has 6 heteroatoms. The average molecular weight is 368 g/mol. The van der Waals surface area contributed by atoms with Gasteiger partial charge in [-0.05, 0) is 29.7 Å². The standard InChI is InChI=1S/C18H21N3O.2ClH/c1-2-14-5-7-15(8-6-14)17-13-20-10-11-21(17)18(22)16-4-3-9-19-12-16;;/h3-9,12,17,20H,2,10-11,13H2,1H3;2*1H. The lowest BCUT2D eigenvalue weighted by Crippen LogP contribution is -2.48. The van der Waals surface area contributed by atoms with Crippen molar-refractivity contribution in [2.24, 2.45) is 0 Å². The molecule has 0 radical (unpaired) electrons. The van der Waals surface area contributed by atoms with Crippen molar-refractivity contribution in [3.05, 3.63) is 65.5 Å². The van der Waals surface area contributed by atoms with Gasteiger partial charge < -0.3 is 10.2 Å². The van der Waals surface area contributed by atoms with Crippen LogP contribution >= 0.6 is 24.8 Å². The van der Waals surface area contributed by atoms with E-state index in [2.05, 4.69) is 41.5 Å². The Morgan fingerprint density at radius 1 is 1.25 bits per heavy atom. The Kier molecular flexibility index (Phi) is 8.19. The van der Waals surface area contributed by atoms with E-state index in [-0.39, 0.29) is 36.8 Å². The largest absolute Gasteiger partial charge is 0.329 e.